The molecule has 3 heteroatoms. The van der Waals surface area contributed by atoms with Crippen molar-refractivity contribution in [2.45, 2.75) is 26.4 Å². The van der Waals surface area contributed by atoms with Gasteiger partial charge in [0.15, 0.2) is 0 Å². The summed E-state index contributed by atoms with van der Waals surface area (Å²) in [5, 5.41) is 10.6. The van der Waals surface area contributed by atoms with Crippen LogP contribution in [0.3, 0.4) is 0 Å². The molecule has 0 bridgehead atoms. The van der Waals surface area contributed by atoms with Crippen molar-refractivity contribution >= 4 is 11.6 Å². The fraction of sp³-hybridized carbons (Fsp3) is 0.294. The minimum Gasteiger partial charge on any atom is -0.383 e. The van der Waals surface area contributed by atoms with Gasteiger partial charge in [0.1, 0.15) is 11.9 Å². The Morgan fingerprint density at radius 3 is 2.50 bits per heavy atom. The summed E-state index contributed by atoms with van der Waals surface area (Å²) in [4.78, 5) is 0. The van der Waals surface area contributed by atoms with Crippen molar-refractivity contribution in [2.75, 3.05) is 0 Å². The summed E-state index contributed by atoms with van der Waals surface area (Å²) in [6.45, 7) is 4.27. The summed E-state index contributed by atoms with van der Waals surface area (Å²) < 4.78 is 13.9. The highest BCUT2D eigenvalue weighted by molar-refractivity contribution is 6.31. The van der Waals surface area contributed by atoms with E-state index >= 15 is 0 Å². The number of aliphatic hydroxyl groups excluding tert-OH is 1. The molecule has 2 aromatic rings. The molecule has 0 aromatic heterocycles. The summed E-state index contributed by atoms with van der Waals surface area (Å²) >= 11 is 6.00. The Labute approximate surface area is 124 Å². The minimum atomic E-state index is -1.05. The molecule has 0 aliphatic heterocycles. The van der Waals surface area contributed by atoms with Crippen LogP contribution >= 0.6 is 11.6 Å². The average Bonchev–Trinajstić information content (AvgIpc) is 2.38. The first kappa shape index (κ1) is 15.0. The average molecular weight is 293 g/mol. The quantitative estimate of drug-likeness (QED) is 0.861. The molecule has 0 aliphatic carbocycles. The monoisotopic (exact) mass is 292 g/mol. The maximum Gasteiger partial charge on any atom is 0.130 e. The van der Waals surface area contributed by atoms with Gasteiger partial charge in [-0.1, -0.05) is 55.8 Å². The fourth-order valence-electron chi connectivity index (χ4n) is 2.30. The second-order valence-electron chi connectivity index (χ2n) is 5.38. The highest BCUT2D eigenvalue weighted by Crippen LogP contribution is 2.31. The molecule has 0 fully saturated rings. The van der Waals surface area contributed by atoms with Crippen molar-refractivity contribution in [3.8, 4) is 0 Å². The molecule has 0 radical (unpaired) electrons. The van der Waals surface area contributed by atoms with Gasteiger partial charge in [0.2, 0.25) is 0 Å². The van der Waals surface area contributed by atoms with E-state index in [-0.39, 0.29) is 10.6 Å². The SMILES string of the molecule is CC(C)Cc1cccc(C(O)c2c(F)cccc2Cl)c1. The Morgan fingerprint density at radius 1 is 1.15 bits per heavy atom. The molecule has 1 N–H and O–H groups in total. The fourth-order valence-corrected chi connectivity index (χ4v) is 2.57. The third-order valence-corrected chi connectivity index (χ3v) is 3.51. The van der Waals surface area contributed by atoms with Crippen LogP contribution in [-0.4, -0.2) is 5.11 Å². The smallest absolute Gasteiger partial charge is 0.130 e. The number of halogens is 2. The van der Waals surface area contributed by atoms with Crippen LogP contribution in [0, 0.1) is 11.7 Å². The summed E-state index contributed by atoms with van der Waals surface area (Å²) in [6, 6.07) is 12.0. The van der Waals surface area contributed by atoms with E-state index in [1.165, 1.54) is 12.1 Å². The number of rotatable bonds is 4. The van der Waals surface area contributed by atoms with Gasteiger partial charge in [-0.15, -0.1) is 0 Å². The second-order valence-corrected chi connectivity index (χ2v) is 5.79. The molecule has 0 spiro atoms. The Morgan fingerprint density at radius 2 is 1.85 bits per heavy atom. The lowest BCUT2D eigenvalue weighted by molar-refractivity contribution is 0.215. The summed E-state index contributed by atoms with van der Waals surface area (Å²) in [7, 11) is 0. The van der Waals surface area contributed by atoms with Gasteiger partial charge in [0.05, 0.1) is 0 Å². The standard InChI is InChI=1S/C17H18ClFO/c1-11(2)9-12-5-3-6-13(10-12)17(20)16-14(18)7-4-8-15(16)19/h3-8,10-11,17,20H,9H2,1-2H3. The minimum absolute atomic E-state index is 0.135. The molecular weight excluding hydrogens is 275 g/mol. The molecule has 106 valence electrons. The number of hydrogen-bond donors (Lipinski definition) is 1. The predicted molar refractivity (Wildman–Crippen MR) is 80.5 cm³/mol. The van der Waals surface area contributed by atoms with Crippen molar-refractivity contribution in [2.24, 2.45) is 5.92 Å². The lowest BCUT2D eigenvalue weighted by Gasteiger charge is -2.15. The van der Waals surface area contributed by atoms with Gasteiger partial charge < -0.3 is 5.11 Å². The van der Waals surface area contributed by atoms with Crippen LogP contribution in [0.15, 0.2) is 42.5 Å². The predicted octanol–water partition coefficient (Wildman–Crippen LogP) is 4.76. The van der Waals surface area contributed by atoms with Gasteiger partial charge in [-0.3, -0.25) is 0 Å². The number of benzene rings is 2. The molecule has 20 heavy (non-hydrogen) atoms. The number of aliphatic hydroxyl groups is 1. The first-order valence-electron chi connectivity index (χ1n) is 6.70. The highest BCUT2D eigenvalue weighted by atomic mass is 35.5. The highest BCUT2D eigenvalue weighted by Gasteiger charge is 2.18. The van der Waals surface area contributed by atoms with Gasteiger partial charge in [-0.25, -0.2) is 4.39 Å². The van der Waals surface area contributed by atoms with Crippen LogP contribution in [-0.2, 0) is 6.42 Å². The zero-order valence-corrected chi connectivity index (χ0v) is 12.4. The van der Waals surface area contributed by atoms with E-state index in [4.69, 9.17) is 11.6 Å². The van der Waals surface area contributed by atoms with Crippen LogP contribution in [0.1, 0.15) is 36.6 Å². The summed E-state index contributed by atoms with van der Waals surface area (Å²) in [5.74, 6) is 0.0405. The normalized spacial score (nSPS) is 12.7. The Kier molecular flexibility index (Phi) is 4.79. The lowest BCUT2D eigenvalue weighted by Crippen LogP contribution is -2.05. The molecule has 2 aromatic carbocycles. The van der Waals surface area contributed by atoms with E-state index in [9.17, 15) is 9.50 Å². The maximum absolute atomic E-state index is 13.9. The molecule has 0 saturated carbocycles. The molecular formula is C17H18ClFO. The van der Waals surface area contributed by atoms with Crippen LogP contribution in [0.2, 0.25) is 5.02 Å². The van der Waals surface area contributed by atoms with E-state index in [0.29, 0.717) is 11.5 Å². The first-order valence-corrected chi connectivity index (χ1v) is 7.07. The summed E-state index contributed by atoms with van der Waals surface area (Å²) in [6.07, 6.45) is -0.123. The van der Waals surface area contributed by atoms with E-state index in [0.717, 1.165) is 12.0 Å². The molecule has 0 amide bonds. The van der Waals surface area contributed by atoms with E-state index in [2.05, 4.69) is 13.8 Å². The van der Waals surface area contributed by atoms with E-state index < -0.39 is 11.9 Å². The largest absolute Gasteiger partial charge is 0.383 e. The van der Waals surface area contributed by atoms with Gasteiger partial charge >= 0.3 is 0 Å². The number of hydrogen-bond acceptors (Lipinski definition) is 1. The maximum atomic E-state index is 13.9. The molecule has 2 rings (SSSR count). The Bertz CT molecular complexity index is 575. The van der Waals surface area contributed by atoms with Crippen LogP contribution in [0.5, 0.6) is 0 Å². The van der Waals surface area contributed by atoms with Crippen LogP contribution < -0.4 is 0 Å². The third-order valence-electron chi connectivity index (χ3n) is 3.18. The van der Waals surface area contributed by atoms with E-state index in [1.54, 1.807) is 12.1 Å². The van der Waals surface area contributed by atoms with Gasteiger partial charge in [-0.2, -0.15) is 0 Å². The van der Waals surface area contributed by atoms with Gasteiger partial charge in [0.25, 0.3) is 0 Å². The third kappa shape index (κ3) is 3.38. The van der Waals surface area contributed by atoms with Crippen molar-refractivity contribution in [3.05, 3.63) is 70.0 Å². The molecule has 1 nitrogen and oxygen atoms in total. The topological polar surface area (TPSA) is 20.2 Å². The van der Waals surface area contributed by atoms with E-state index in [1.807, 2.05) is 18.2 Å². The molecule has 0 heterocycles. The van der Waals surface area contributed by atoms with Crippen LogP contribution in [0.4, 0.5) is 4.39 Å². The molecule has 1 unspecified atom stereocenters. The van der Waals surface area contributed by atoms with Gasteiger partial charge in [0, 0.05) is 10.6 Å². The Hall–Kier alpha value is -1.38. The molecule has 1 atom stereocenters. The lowest BCUT2D eigenvalue weighted by atomic mass is 9.96. The van der Waals surface area contributed by atoms with Crippen LogP contribution in [0.25, 0.3) is 0 Å². The van der Waals surface area contributed by atoms with Crippen molar-refractivity contribution < 1.29 is 9.50 Å². The van der Waals surface area contributed by atoms with Crippen molar-refractivity contribution in [1.29, 1.82) is 0 Å². The second kappa shape index (κ2) is 6.38. The molecule has 0 saturated heterocycles. The Balaban J connectivity index is 2.36. The zero-order chi connectivity index (χ0) is 14.7. The van der Waals surface area contributed by atoms with Crippen molar-refractivity contribution in [3.63, 3.8) is 0 Å². The first-order chi connectivity index (χ1) is 9.49. The molecule has 0 aliphatic rings. The zero-order valence-electron chi connectivity index (χ0n) is 11.6. The van der Waals surface area contributed by atoms with Crippen molar-refractivity contribution in [1.82, 2.24) is 0 Å². The van der Waals surface area contributed by atoms with Gasteiger partial charge in [-0.05, 0) is 35.6 Å². The summed E-state index contributed by atoms with van der Waals surface area (Å²) in [5.41, 5.74) is 1.93.